The molecule has 1 aliphatic rings. The first-order valence-corrected chi connectivity index (χ1v) is 8.87. The van der Waals surface area contributed by atoms with Gasteiger partial charge in [0.1, 0.15) is 5.75 Å². The van der Waals surface area contributed by atoms with Crippen molar-refractivity contribution in [3.05, 3.63) is 76.0 Å². The van der Waals surface area contributed by atoms with Gasteiger partial charge in [-0.3, -0.25) is 4.79 Å². The van der Waals surface area contributed by atoms with Gasteiger partial charge in [-0.05, 0) is 42.3 Å². The number of allylic oxidation sites excluding steroid dienone is 1. The third-order valence-electron chi connectivity index (χ3n) is 4.21. The van der Waals surface area contributed by atoms with Gasteiger partial charge in [-0.25, -0.2) is 10.2 Å². The Morgan fingerprint density at radius 1 is 1.18 bits per heavy atom. The summed E-state index contributed by atoms with van der Waals surface area (Å²) < 4.78 is 5.16. The van der Waals surface area contributed by atoms with Gasteiger partial charge < -0.3 is 15.4 Å². The minimum atomic E-state index is -0.606. The van der Waals surface area contributed by atoms with Crippen LogP contribution >= 0.6 is 11.6 Å². The van der Waals surface area contributed by atoms with E-state index in [1.807, 2.05) is 0 Å². The molecule has 1 atom stereocenters. The first kappa shape index (κ1) is 19.4. The maximum absolute atomic E-state index is 12.7. The van der Waals surface area contributed by atoms with E-state index in [9.17, 15) is 9.59 Å². The molecule has 0 aliphatic carbocycles. The molecule has 144 valence electrons. The van der Waals surface area contributed by atoms with Crippen molar-refractivity contribution in [2.45, 2.75) is 13.0 Å². The zero-order valence-electron chi connectivity index (χ0n) is 15.3. The highest BCUT2D eigenvalue weighted by Gasteiger charge is 2.31. The zero-order chi connectivity index (χ0) is 20.1. The average molecular weight is 399 g/mol. The second-order valence-corrected chi connectivity index (χ2v) is 6.53. The molecule has 3 N–H and O–H groups in total. The third kappa shape index (κ3) is 4.50. The van der Waals surface area contributed by atoms with Crippen molar-refractivity contribution in [2.75, 3.05) is 7.11 Å². The molecule has 0 unspecified atom stereocenters. The Morgan fingerprint density at radius 3 is 2.50 bits per heavy atom. The number of methoxy groups -OCH3 is 1. The fraction of sp³-hybridized carbons (Fsp3) is 0.150. The molecule has 2 aromatic carbocycles. The molecule has 0 spiro atoms. The Balaban J connectivity index is 1.80. The van der Waals surface area contributed by atoms with E-state index >= 15 is 0 Å². The molecule has 8 heteroatoms. The van der Waals surface area contributed by atoms with Crippen LogP contribution in [0.1, 0.15) is 24.1 Å². The molecule has 28 heavy (non-hydrogen) atoms. The molecule has 0 aromatic heterocycles. The summed E-state index contributed by atoms with van der Waals surface area (Å²) in [4.78, 5) is 24.7. The topological polar surface area (TPSA) is 91.8 Å². The third-order valence-corrected chi connectivity index (χ3v) is 4.46. The second-order valence-electron chi connectivity index (χ2n) is 6.09. The van der Waals surface area contributed by atoms with Crippen LogP contribution < -0.4 is 20.8 Å². The van der Waals surface area contributed by atoms with Crippen molar-refractivity contribution < 1.29 is 14.3 Å². The first-order valence-electron chi connectivity index (χ1n) is 8.49. The summed E-state index contributed by atoms with van der Waals surface area (Å²) in [6.45, 7) is 1.67. The van der Waals surface area contributed by atoms with Gasteiger partial charge in [0.25, 0.3) is 5.91 Å². The number of amides is 3. The summed E-state index contributed by atoms with van der Waals surface area (Å²) in [6.07, 6.45) is 1.52. The van der Waals surface area contributed by atoms with Crippen LogP contribution in [0.2, 0.25) is 5.02 Å². The van der Waals surface area contributed by atoms with Gasteiger partial charge >= 0.3 is 6.03 Å². The standard InChI is InChI=1S/C20H19ClN4O3/c1-12-17(19(26)25-22-11-13-3-7-15(21)8-4-13)18(24-20(27)23-12)14-5-9-16(28-2)10-6-14/h3-11,18H,1-2H3,(H,25,26)(H2,23,24,27)/t18-/m0/s1. The van der Waals surface area contributed by atoms with E-state index < -0.39 is 11.9 Å². The van der Waals surface area contributed by atoms with E-state index in [0.717, 1.165) is 11.1 Å². The highest BCUT2D eigenvalue weighted by atomic mass is 35.5. The number of carbonyl (C=O) groups excluding carboxylic acids is 2. The van der Waals surface area contributed by atoms with Gasteiger partial charge in [0, 0.05) is 10.7 Å². The van der Waals surface area contributed by atoms with Gasteiger partial charge in [0.05, 0.1) is 24.9 Å². The maximum atomic E-state index is 12.7. The molecule has 1 heterocycles. The quantitative estimate of drug-likeness (QED) is 0.533. The molecule has 1 aliphatic heterocycles. The number of carbonyl (C=O) groups is 2. The number of nitrogens with zero attached hydrogens (tertiary/aromatic N) is 1. The van der Waals surface area contributed by atoms with Gasteiger partial charge in [-0.15, -0.1) is 0 Å². The molecular weight excluding hydrogens is 380 g/mol. The smallest absolute Gasteiger partial charge is 0.319 e. The SMILES string of the molecule is COc1ccc([C@@H]2NC(=O)NC(C)=C2C(=O)NN=Cc2ccc(Cl)cc2)cc1. The molecule has 0 fully saturated rings. The normalized spacial score (nSPS) is 16.5. The van der Waals surface area contributed by atoms with Gasteiger partial charge in [-0.2, -0.15) is 5.10 Å². The number of hydrazone groups is 1. The molecule has 3 rings (SSSR count). The van der Waals surface area contributed by atoms with Crippen molar-refractivity contribution in [3.8, 4) is 5.75 Å². The molecule has 0 bridgehead atoms. The van der Waals surface area contributed by atoms with E-state index in [1.54, 1.807) is 62.6 Å². The Hall–Kier alpha value is -3.32. The summed E-state index contributed by atoms with van der Waals surface area (Å²) in [7, 11) is 1.57. The lowest BCUT2D eigenvalue weighted by Gasteiger charge is -2.28. The van der Waals surface area contributed by atoms with Crippen LogP contribution in [-0.4, -0.2) is 25.3 Å². The lowest BCUT2D eigenvalue weighted by atomic mass is 9.95. The molecule has 7 nitrogen and oxygen atoms in total. The van der Waals surface area contributed by atoms with Crippen molar-refractivity contribution in [1.29, 1.82) is 0 Å². The van der Waals surface area contributed by atoms with Crippen LogP contribution in [-0.2, 0) is 4.79 Å². The van der Waals surface area contributed by atoms with E-state index in [1.165, 1.54) is 6.21 Å². The minimum Gasteiger partial charge on any atom is -0.497 e. The Bertz CT molecular complexity index is 937. The molecular formula is C20H19ClN4O3. The van der Waals surface area contributed by atoms with Crippen LogP contribution in [0.25, 0.3) is 0 Å². The summed E-state index contributed by atoms with van der Waals surface area (Å²) in [5.74, 6) is 0.263. The number of halogens is 1. The van der Waals surface area contributed by atoms with Crippen LogP contribution in [0.3, 0.4) is 0 Å². The van der Waals surface area contributed by atoms with E-state index in [2.05, 4.69) is 21.2 Å². The highest BCUT2D eigenvalue weighted by Crippen LogP contribution is 2.28. The predicted octanol–water partition coefficient (Wildman–Crippen LogP) is 3.13. The number of rotatable bonds is 5. The van der Waals surface area contributed by atoms with Crippen molar-refractivity contribution in [3.63, 3.8) is 0 Å². The Labute approximate surface area is 167 Å². The molecule has 0 saturated carbocycles. The number of benzene rings is 2. The number of ether oxygens (including phenoxy) is 1. The highest BCUT2D eigenvalue weighted by molar-refractivity contribution is 6.30. The molecule has 0 saturated heterocycles. The van der Waals surface area contributed by atoms with Gasteiger partial charge in [0.15, 0.2) is 0 Å². The Morgan fingerprint density at radius 2 is 1.86 bits per heavy atom. The number of urea groups is 1. The molecule has 3 amide bonds. The lowest BCUT2D eigenvalue weighted by molar-refractivity contribution is -0.117. The summed E-state index contributed by atoms with van der Waals surface area (Å²) in [5.41, 5.74) is 4.88. The van der Waals surface area contributed by atoms with Crippen LogP contribution in [0.15, 0.2) is 64.9 Å². The van der Waals surface area contributed by atoms with E-state index in [4.69, 9.17) is 16.3 Å². The number of nitrogens with one attached hydrogen (secondary N) is 3. The molecule has 2 aromatic rings. The largest absolute Gasteiger partial charge is 0.497 e. The number of hydrogen-bond donors (Lipinski definition) is 3. The Kier molecular flexibility index (Phi) is 5.96. The summed E-state index contributed by atoms with van der Waals surface area (Å²) in [5, 5.41) is 10.0. The van der Waals surface area contributed by atoms with E-state index in [0.29, 0.717) is 22.0 Å². The lowest BCUT2D eigenvalue weighted by Crippen LogP contribution is -2.46. The summed E-state index contributed by atoms with van der Waals surface area (Å²) in [6, 6.07) is 13.2. The number of hydrogen-bond acceptors (Lipinski definition) is 4. The fourth-order valence-electron chi connectivity index (χ4n) is 2.82. The van der Waals surface area contributed by atoms with Crippen LogP contribution in [0.5, 0.6) is 5.75 Å². The predicted molar refractivity (Wildman–Crippen MR) is 107 cm³/mol. The van der Waals surface area contributed by atoms with Gasteiger partial charge in [0.2, 0.25) is 0 Å². The fourth-order valence-corrected chi connectivity index (χ4v) is 2.94. The van der Waals surface area contributed by atoms with Gasteiger partial charge in [-0.1, -0.05) is 35.9 Å². The average Bonchev–Trinajstić information content (AvgIpc) is 2.69. The monoisotopic (exact) mass is 398 g/mol. The van der Waals surface area contributed by atoms with E-state index in [-0.39, 0.29) is 6.03 Å². The van der Waals surface area contributed by atoms with Crippen LogP contribution in [0, 0.1) is 0 Å². The maximum Gasteiger partial charge on any atom is 0.319 e. The minimum absolute atomic E-state index is 0.373. The van der Waals surface area contributed by atoms with Crippen molar-refractivity contribution in [2.24, 2.45) is 5.10 Å². The first-order chi connectivity index (χ1) is 13.5. The molecule has 0 radical (unpaired) electrons. The second kappa shape index (κ2) is 8.58. The van der Waals surface area contributed by atoms with Crippen molar-refractivity contribution in [1.82, 2.24) is 16.1 Å². The van der Waals surface area contributed by atoms with Crippen LogP contribution in [0.4, 0.5) is 4.79 Å². The van der Waals surface area contributed by atoms with Crippen molar-refractivity contribution >= 4 is 29.8 Å². The summed E-state index contributed by atoms with van der Waals surface area (Å²) >= 11 is 5.85. The zero-order valence-corrected chi connectivity index (χ0v) is 16.1.